The fraction of sp³-hybridized carbons (Fsp3) is 0.818. The highest BCUT2D eigenvalue weighted by Gasteiger charge is 2.29. The second-order valence-electron chi connectivity index (χ2n) is 4.96. The Kier molecular flexibility index (Phi) is 3.88. The number of rotatable bonds is 0. The van der Waals surface area contributed by atoms with Crippen LogP contribution in [0.2, 0.25) is 0 Å². The second kappa shape index (κ2) is 4.80. The number of hydrogen-bond donors (Lipinski definition) is 0. The molecule has 1 amide bonds. The van der Waals surface area contributed by atoms with Gasteiger partial charge in [0, 0.05) is 13.0 Å². The number of halogens is 1. The highest BCUT2D eigenvalue weighted by Crippen LogP contribution is 2.15. The number of Topliss-reactive ketones (excluding diaryl/α,β-unsaturated/α-hetero) is 1. The molecule has 1 heterocycles. The third kappa shape index (κ3) is 3.79. The van der Waals surface area contributed by atoms with E-state index in [4.69, 9.17) is 4.74 Å². The standard InChI is InChI=1S/C11H18FNO3/c1-11(2,3)16-10(15)13-6-4-5-9(14)8(12)7-13/h8H,4-7H2,1-3H3/t8-/m1/s1. The van der Waals surface area contributed by atoms with Crippen LogP contribution in [0.25, 0.3) is 0 Å². The minimum Gasteiger partial charge on any atom is -0.444 e. The summed E-state index contributed by atoms with van der Waals surface area (Å²) in [5, 5.41) is 0. The summed E-state index contributed by atoms with van der Waals surface area (Å²) in [5.41, 5.74) is -0.598. The van der Waals surface area contributed by atoms with E-state index in [9.17, 15) is 14.0 Å². The van der Waals surface area contributed by atoms with Crippen molar-refractivity contribution < 1.29 is 18.7 Å². The van der Waals surface area contributed by atoms with Crippen LogP contribution in [-0.4, -0.2) is 41.6 Å². The van der Waals surface area contributed by atoms with Gasteiger partial charge in [0.25, 0.3) is 0 Å². The molecule has 0 saturated carbocycles. The molecule has 0 bridgehead atoms. The summed E-state index contributed by atoms with van der Waals surface area (Å²) in [6, 6.07) is 0. The number of carbonyl (C=O) groups is 2. The molecule has 1 atom stereocenters. The summed E-state index contributed by atoms with van der Waals surface area (Å²) in [6.45, 7) is 5.44. The Morgan fingerprint density at radius 2 is 2.12 bits per heavy atom. The van der Waals surface area contributed by atoms with Crippen LogP contribution >= 0.6 is 0 Å². The van der Waals surface area contributed by atoms with Crippen molar-refractivity contribution in [2.45, 2.75) is 45.4 Å². The van der Waals surface area contributed by atoms with Crippen LogP contribution in [0.15, 0.2) is 0 Å². The first kappa shape index (κ1) is 12.9. The third-order valence-electron chi connectivity index (χ3n) is 2.23. The van der Waals surface area contributed by atoms with E-state index in [1.165, 1.54) is 4.90 Å². The summed E-state index contributed by atoms with van der Waals surface area (Å²) in [4.78, 5) is 24.0. The molecule has 1 saturated heterocycles. The summed E-state index contributed by atoms with van der Waals surface area (Å²) >= 11 is 0. The van der Waals surface area contributed by atoms with E-state index in [0.29, 0.717) is 13.0 Å². The molecule has 1 aliphatic rings. The Morgan fingerprint density at radius 1 is 1.50 bits per heavy atom. The Hall–Kier alpha value is -1.13. The lowest BCUT2D eigenvalue weighted by Crippen LogP contribution is -2.40. The predicted octanol–water partition coefficient (Wildman–Crippen LogP) is 1.92. The van der Waals surface area contributed by atoms with Gasteiger partial charge in [-0.25, -0.2) is 9.18 Å². The molecule has 1 aliphatic heterocycles. The van der Waals surface area contributed by atoms with Gasteiger partial charge < -0.3 is 9.64 Å². The van der Waals surface area contributed by atoms with Crippen molar-refractivity contribution in [2.75, 3.05) is 13.1 Å². The van der Waals surface area contributed by atoms with Crippen LogP contribution in [0.5, 0.6) is 0 Å². The number of likely N-dealkylation sites (tertiary alicyclic amines) is 1. The molecule has 1 fully saturated rings. The zero-order valence-corrected chi connectivity index (χ0v) is 9.96. The maximum Gasteiger partial charge on any atom is 0.410 e. The molecule has 0 aromatic rings. The van der Waals surface area contributed by atoms with Crippen molar-refractivity contribution in [1.82, 2.24) is 4.90 Å². The first-order valence-electron chi connectivity index (χ1n) is 5.44. The molecule has 1 rings (SSSR count). The normalized spacial score (nSPS) is 22.9. The molecule has 0 spiro atoms. The molecule has 0 aromatic heterocycles. The zero-order chi connectivity index (χ0) is 12.3. The molecule has 5 heteroatoms. The summed E-state index contributed by atoms with van der Waals surface area (Å²) in [5.74, 6) is -0.425. The minimum absolute atomic E-state index is 0.187. The first-order valence-corrected chi connectivity index (χ1v) is 5.44. The molecule has 4 nitrogen and oxygen atoms in total. The number of hydrogen-bond acceptors (Lipinski definition) is 3. The van der Waals surface area contributed by atoms with Gasteiger partial charge in [-0.15, -0.1) is 0 Å². The summed E-state index contributed by atoms with van der Waals surface area (Å²) in [7, 11) is 0. The van der Waals surface area contributed by atoms with Gasteiger partial charge in [0.2, 0.25) is 0 Å². The van der Waals surface area contributed by atoms with E-state index in [0.717, 1.165) is 0 Å². The molecule has 16 heavy (non-hydrogen) atoms. The van der Waals surface area contributed by atoms with Gasteiger partial charge in [-0.3, -0.25) is 4.79 Å². The Balaban J connectivity index is 2.59. The van der Waals surface area contributed by atoms with Crippen LogP contribution in [0.1, 0.15) is 33.6 Å². The van der Waals surface area contributed by atoms with Gasteiger partial charge in [-0.1, -0.05) is 0 Å². The molecule has 0 unspecified atom stereocenters. The van der Waals surface area contributed by atoms with Crippen LogP contribution < -0.4 is 0 Å². The van der Waals surface area contributed by atoms with Gasteiger partial charge in [-0.05, 0) is 27.2 Å². The molecule has 0 radical (unpaired) electrons. The van der Waals surface area contributed by atoms with Crippen LogP contribution in [0, 0.1) is 0 Å². The topological polar surface area (TPSA) is 46.6 Å². The van der Waals surface area contributed by atoms with Crippen molar-refractivity contribution in [3.05, 3.63) is 0 Å². The number of alkyl halides is 1. The van der Waals surface area contributed by atoms with Gasteiger partial charge in [-0.2, -0.15) is 0 Å². The van der Waals surface area contributed by atoms with Gasteiger partial charge in [0.15, 0.2) is 12.0 Å². The number of amides is 1. The summed E-state index contributed by atoms with van der Waals surface area (Å²) in [6.07, 6.45) is -1.43. The molecule has 92 valence electrons. The van der Waals surface area contributed by atoms with E-state index >= 15 is 0 Å². The van der Waals surface area contributed by atoms with Crippen molar-refractivity contribution in [3.63, 3.8) is 0 Å². The number of ketones is 1. The third-order valence-corrected chi connectivity index (χ3v) is 2.23. The molecule has 0 aromatic carbocycles. The van der Waals surface area contributed by atoms with E-state index in [1.54, 1.807) is 20.8 Å². The highest BCUT2D eigenvalue weighted by atomic mass is 19.1. The fourth-order valence-electron chi connectivity index (χ4n) is 1.48. The molecule has 0 N–H and O–H groups in total. The zero-order valence-electron chi connectivity index (χ0n) is 9.96. The molecular formula is C11H18FNO3. The van der Waals surface area contributed by atoms with E-state index < -0.39 is 23.6 Å². The summed E-state index contributed by atoms with van der Waals surface area (Å²) < 4.78 is 18.4. The highest BCUT2D eigenvalue weighted by molar-refractivity contribution is 5.84. The van der Waals surface area contributed by atoms with Gasteiger partial charge >= 0.3 is 6.09 Å². The lowest BCUT2D eigenvalue weighted by Gasteiger charge is -2.26. The number of carbonyl (C=O) groups excluding carboxylic acids is 2. The number of ether oxygens (including phenoxy) is 1. The van der Waals surface area contributed by atoms with Crippen LogP contribution in [0.4, 0.5) is 9.18 Å². The SMILES string of the molecule is CC(C)(C)OC(=O)N1CCCC(=O)[C@H](F)C1. The van der Waals surface area contributed by atoms with E-state index in [2.05, 4.69) is 0 Å². The van der Waals surface area contributed by atoms with Crippen LogP contribution in [0.3, 0.4) is 0 Å². The average molecular weight is 231 g/mol. The van der Waals surface area contributed by atoms with Gasteiger partial charge in [0.1, 0.15) is 5.60 Å². The second-order valence-corrected chi connectivity index (χ2v) is 4.96. The van der Waals surface area contributed by atoms with Crippen molar-refractivity contribution >= 4 is 11.9 Å². The quantitative estimate of drug-likeness (QED) is 0.640. The van der Waals surface area contributed by atoms with Crippen molar-refractivity contribution in [3.8, 4) is 0 Å². The Morgan fingerprint density at radius 3 is 2.69 bits per heavy atom. The maximum absolute atomic E-state index is 13.3. The lowest BCUT2D eigenvalue weighted by atomic mass is 10.2. The predicted molar refractivity (Wildman–Crippen MR) is 56.9 cm³/mol. The number of nitrogens with zero attached hydrogens (tertiary/aromatic N) is 1. The molecule has 0 aliphatic carbocycles. The van der Waals surface area contributed by atoms with Gasteiger partial charge in [0.05, 0.1) is 6.54 Å². The fourth-order valence-corrected chi connectivity index (χ4v) is 1.48. The minimum atomic E-state index is -1.57. The lowest BCUT2D eigenvalue weighted by molar-refractivity contribution is -0.123. The van der Waals surface area contributed by atoms with Crippen molar-refractivity contribution in [1.29, 1.82) is 0 Å². The van der Waals surface area contributed by atoms with Crippen LogP contribution in [-0.2, 0) is 9.53 Å². The smallest absolute Gasteiger partial charge is 0.410 e. The maximum atomic E-state index is 13.3. The van der Waals surface area contributed by atoms with E-state index in [-0.39, 0.29) is 13.0 Å². The Labute approximate surface area is 94.7 Å². The Bertz CT molecular complexity index is 285. The molecular weight excluding hydrogens is 213 g/mol. The van der Waals surface area contributed by atoms with E-state index in [1.807, 2.05) is 0 Å². The average Bonchev–Trinajstić information content (AvgIpc) is 2.27. The largest absolute Gasteiger partial charge is 0.444 e. The van der Waals surface area contributed by atoms with Crippen molar-refractivity contribution in [2.24, 2.45) is 0 Å². The monoisotopic (exact) mass is 231 g/mol. The first-order chi connectivity index (χ1) is 7.29.